The summed E-state index contributed by atoms with van der Waals surface area (Å²) in [7, 11) is 0. The molecule has 0 spiro atoms. The Kier molecular flexibility index (Phi) is 6.39. The molecule has 160 valence electrons. The Morgan fingerprint density at radius 2 is 1.90 bits per heavy atom. The van der Waals surface area contributed by atoms with Crippen molar-refractivity contribution in [2.75, 3.05) is 19.7 Å². The number of amides is 1. The van der Waals surface area contributed by atoms with Gasteiger partial charge in [-0.1, -0.05) is 31.5 Å². The summed E-state index contributed by atoms with van der Waals surface area (Å²) in [4.78, 5) is 27.7. The number of Topliss-reactive ketones (excluding diaryl/α,β-unsaturated/α-hetero) is 1. The van der Waals surface area contributed by atoms with Gasteiger partial charge < -0.3 is 15.5 Å². The summed E-state index contributed by atoms with van der Waals surface area (Å²) in [6.07, 6.45) is 3.07. The van der Waals surface area contributed by atoms with E-state index in [1.807, 2.05) is 11.8 Å². The third kappa shape index (κ3) is 4.82. The monoisotopic (exact) mass is 422 g/mol. The van der Waals surface area contributed by atoms with Crippen LogP contribution in [0.25, 0.3) is 0 Å². The van der Waals surface area contributed by atoms with E-state index in [0.717, 1.165) is 18.4 Å². The number of fused-ring (bicyclic) bond motifs is 1. The maximum Gasteiger partial charge on any atom is 0.253 e. The quantitative estimate of drug-likeness (QED) is 0.678. The van der Waals surface area contributed by atoms with Crippen LogP contribution in [-0.4, -0.2) is 58.1 Å². The van der Waals surface area contributed by atoms with Crippen LogP contribution >= 0.6 is 11.6 Å². The third-order valence-electron chi connectivity index (χ3n) is 6.47. The van der Waals surface area contributed by atoms with Gasteiger partial charge in [-0.05, 0) is 49.7 Å². The Labute approximate surface area is 177 Å². The van der Waals surface area contributed by atoms with Crippen molar-refractivity contribution in [2.24, 2.45) is 5.41 Å². The van der Waals surface area contributed by atoms with Crippen LogP contribution in [-0.2, 0) is 6.54 Å². The highest BCUT2D eigenvalue weighted by Crippen LogP contribution is 2.40. The maximum atomic E-state index is 13.0. The zero-order valence-electron chi connectivity index (χ0n) is 17.4. The Balaban J connectivity index is 1.77. The van der Waals surface area contributed by atoms with Gasteiger partial charge >= 0.3 is 0 Å². The molecule has 0 aromatic heterocycles. The molecule has 0 unspecified atom stereocenters. The van der Waals surface area contributed by atoms with Crippen molar-refractivity contribution >= 4 is 23.3 Å². The van der Waals surface area contributed by atoms with E-state index < -0.39 is 11.5 Å². The zero-order valence-corrected chi connectivity index (χ0v) is 18.2. The van der Waals surface area contributed by atoms with Gasteiger partial charge in [0.15, 0.2) is 5.78 Å². The molecule has 7 heteroatoms. The first-order valence-corrected chi connectivity index (χ1v) is 10.6. The number of hydrogen-bond donors (Lipinski definition) is 3. The molecule has 29 heavy (non-hydrogen) atoms. The molecule has 1 atom stereocenters. The van der Waals surface area contributed by atoms with Crippen molar-refractivity contribution in [1.29, 1.82) is 0 Å². The number of aliphatic hydroxyl groups excluding tert-OH is 1. The second-order valence-corrected chi connectivity index (χ2v) is 9.79. The van der Waals surface area contributed by atoms with Crippen LogP contribution in [0, 0.1) is 5.41 Å². The first-order chi connectivity index (χ1) is 13.6. The topological polar surface area (TPSA) is 89.9 Å². The summed E-state index contributed by atoms with van der Waals surface area (Å²) in [5, 5.41) is 23.3. The lowest BCUT2D eigenvalue weighted by molar-refractivity contribution is -0.0233. The highest BCUT2D eigenvalue weighted by Gasteiger charge is 2.37. The number of carbonyl (C=O) groups is 2. The number of hydrogen-bond acceptors (Lipinski definition) is 5. The van der Waals surface area contributed by atoms with Crippen molar-refractivity contribution in [3.63, 3.8) is 0 Å². The predicted molar refractivity (Wildman–Crippen MR) is 112 cm³/mol. The smallest absolute Gasteiger partial charge is 0.253 e. The van der Waals surface area contributed by atoms with E-state index in [2.05, 4.69) is 19.2 Å². The molecule has 1 fully saturated rings. The fourth-order valence-corrected chi connectivity index (χ4v) is 4.40. The van der Waals surface area contributed by atoms with Crippen LogP contribution in [0.1, 0.15) is 72.7 Å². The molecule has 0 bridgehead atoms. The van der Waals surface area contributed by atoms with E-state index in [1.165, 1.54) is 0 Å². The largest absolute Gasteiger partial charge is 0.395 e. The fourth-order valence-electron chi connectivity index (χ4n) is 4.16. The van der Waals surface area contributed by atoms with E-state index in [0.29, 0.717) is 24.9 Å². The standard InChI is InChI=1S/C22H31ClN2O4/c1-14(12-26)25-10-15-4-5-16(23)19(18(15)17(27)11-25)20(28)24-13-22(29)8-6-21(2,3)7-9-22/h4-5,14,26,29H,6-13H2,1-3H3,(H,24,28)/t14-/m1/s1. The molecular weight excluding hydrogens is 392 g/mol. The second kappa shape index (κ2) is 8.34. The molecule has 1 amide bonds. The van der Waals surface area contributed by atoms with Crippen LogP contribution in [0.15, 0.2) is 12.1 Å². The Morgan fingerprint density at radius 1 is 1.24 bits per heavy atom. The minimum absolute atomic E-state index is 0.0427. The van der Waals surface area contributed by atoms with Crippen molar-refractivity contribution in [3.8, 4) is 0 Å². The minimum atomic E-state index is -0.927. The lowest BCUT2D eigenvalue weighted by Crippen LogP contribution is -2.47. The number of ketones is 1. The molecule has 2 aliphatic rings. The van der Waals surface area contributed by atoms with Crippen LogP contribution in [0.4, 0.5) is 0 Å². The van der Waals surface area contributed by atoms with Crippen molar-refractivity contribution < 1.29 is 19.8 Å². The normalized spacial score (nSPS) is 22.1. The molecule has 1 aliphatic heterocycles. The Hall–Kier alpha value is -1.47. The zero-order chi connectivity index (χ0) is 21.4. The molecular formula is C22H31ClN2O4. The molecule has 1 aliphatic carbocycles. The van der Waals surface area contributed by atoms with Crippen LogP contribution < -0.4 is 5.32 Å². The highest BCUT2D eigenvalue weighted by molar-refractivity contribution is 6.35. The summed E-state index contributed by atoms with van der Waals surface area (Å²) < 4.78 is 0. The van der Waals surface area contributed by atoms with Gasteiger partial charge in [0.1, 0.15) is 0 Å². The average molecular weight is 423 g/mol. The summed E-state index contributed by atoms with van der Waals surface area (Å²) in [5.41, 5.74) is 0.555. The summed E-state index contributed by atoms with van der Waals surface area (Å²) in [5.74, 6) is -0.612. The Morgan fingerprint density at radius 3 is 2.52 bits per heavy atom. The van der Waals surface area contributed by atoms with Crippen LogP contribution in [0.5, 0.6) is 0 Å². The van der Waals surface area contributed by atoms with Crippen LogP contribution in [0.2, 0.25) is 5.02 Å². The number of aliphatic hydroxyl groups is 2. The van der Waals surface area contributed by atoms with Gasteiger partial charge in [0.2, 0.25) is 0 Å². The maximum absolute atomic E-state index is 13.0. The molecule has 1 aromatic rings. The van der Waals surface area contributed by atoms with Crippen LogP contribution in [0.3, 0.4) is 0 Å². The van der Waals surface area contributed by atoms with E-state index >= 15 is 0 Å². The summed E-state index contributed by atoms with van der Waals surface area (Å²) in [6, 6.07) is 3.25. The lowest BCUT2D eigenvalue weighted by Gasteiger charge is -2.40. The first kappa shape index (κ1) is 22.2. The molecule has 0 saturated heterocycles. The van der Waals surface area contributed by atoms with E-state index in [4.69, 9.17) is 11.6 Å². The van der Waals surface area contributed by atoms with Gasteiger partial charge in [-0.3, -0.25) is 14.5 Å². The Bertz CT molecular complexity index is 798. The number of nitrogens with one attached hydrogen (secondary N) is 1. The minimum Gasteiger partial charge on any atom is -0.395 e. The van der Waals surface area contributed by atoms with Gasteiger partial charge in [-0.15, -0.1) is 0 Å². The number of carbonyl (C=O) groups excluding carboxylic acids is 2. The van der Waals surface area contributed by atoms with Gasteiger partial charge in [0, 0.05) is 24.7 Å². The molecule has 3 N–H and O–H groups in total. The molecule has 1 heterocycles. The number of halogens is 1. The average Bonchev–Trinajstić information content (AvgIpc) is 2.68. The van der Waals surface area contributed by atoms with Gasteiger partial charge in [-0.2, -0.15) is 0 Å². The number of rotatable bonds is 5. The lowest BCUT2D eigenvalue weighted by atomic mass is 9.71. The molecule has 6 nitrogen and oxygen atoms in total. The van der Waals surface area contributed by atoms with E-state index in [1.54, 1.807) is 12.1 Å². The molecule has 1 saturated carbocycles. The SMILES string of the molecule is C[C@H](CO)N1CC(=O)c2c(ccc(Cl)c2C(=O)NCC2(O)CCC(C)(C)CC2)C1. The third-order valence-corrected chi connectivity index (χ3v) is 6.78. The predicted octanol–water partition coefficient (Wildman–Crippen LogP) is 2.78. The van der Waals surface area contributed by atoms with E-state index in [9.17, 15) is 19.8 Å². The van der Waals surface area contributed by atoms with Gasteiger partial charge in [-0.25, -0.2) is 0 Å². The number of nitrogens with zero attached hydrogens (tertiary/aromatic N) is 1. The van der Waals surface area contributed by atoms with Crippen molar-refractivity contribution in [2.45, 2.75) is 64.6 Å². The molecule has 0 radical (unpaired) electrons. The van der Waals surface area contributed by atoms with Gasteiger partial charge in [0.25, 0.3) is 5.91 Å². The first-order valence-electron chi connectivity index (χ1n) is 10.3. The van der Waals surface area contributed by atoms with E-state index in [-0.39, 0.29) is 47.5 Å². The van der Waals surface area contributed by atoms with Crippen molar-refractivity contribution in [3.05, 3.63) is 33.8 Å². The van der Waals surface area contributed by atoms with Crippen molar-refractivity contribution in [1.82, 2.24) is 10.2 Å². The number of benzene rings is 1. The second-order valence-electron chi connectivity index (χ2n) is 9.39. The van der Waals surface area contributed by atoms with Gasteiger partial charge in [0.05, 0.1) is 29.3 Å². The highest BCUT2D eigenvalue weighted by atomic mass is 35.5. The molecule has 3 rings (SSSR count). The fraction of sp³-hybridized carbons (Fsp3) is 0.636. The summed E-state index contributed by atoms with van der Waals surface area (Å²) in [6.45, 7) is 6.94. The summed E-state index contributed by atoms with van der Waals surface area (Å²) >= 11 is 6.31. The molecule has 1 aromatic carbocycles.